The first-order valence-corrected chi connectivity index (χ1v) is 6.17. The summed E-state index contributed by atoms with van der Waals surface area (Å²) in [4.78, 5) is 25.1. The Morgan fingerprint density at radius 3 is 3.05 bits per heavy atom. The topological polar surface area (TPSA) is 78.9 Å². The van der Waals surface area contributed by atoms with Crippen LogP contribution in [-0.4, -0.2) is 47.6 Å². The maximum Gasteiger partial charge on any atom is 0.262 e. The summed E-state index contributed by atoms with van der Waals surface area (Å²) in [5.74, 6) is 0.200. The van der Waals surface area contributed by atoms with Crippen molar-refractivity contribution in [3.05, 3.63) is 23.8 Å². The number of amides is 2. The van der Waals surface area contributed by atoms with Crippen LogP contribution in [0.1, 0.15) is 16.8 Å². The molecule has 2 aliphatic rings. The zero-order valence-corrected chi connectivity index (χ0v) is 10.3. The molecule has 0 bridgehead atoms. The Bertz CT molecular complexity index is 543. The van der Waals surface area contributed by atoms with Gasteiger partial charge in [-0.1, -0.05) is 0 Å². The third-order valence-corrected chi connectivity index (χ3v) is 3.31. The van der Waals surface area contributed by atoms with E-state index < -0.39 is 6.10 Å². The highest BCUT2D eigenvalue weighted by atomic mass is 16.5. The third-order valence-electron chi connectivity index (χ3n) is 3.31. The van der Waals surface area contributed by atoms with Crippen molar-refractivity contribution >= 4 is 17.5 Å². The standard InChI is InChI=1S/C13H14N2O4/c16-9-3-4-15(6-9)13(18)8-1-2-11-10(5-8)14-12(17)7-19-11/h1-2,5,9,16H,3-4,6-7H2,(H,14,17). The van der Waals surface area contributed by atoms with E-state index in [4.69, 9.17) is 4.74 Å². The number of rotatable bonds is 1. The minimum atomic E-state index is -0.440. The van der Waals surface area contributed by atoms with Crippen LogP contribution in [0.25, 0.3) is 0 Å². The predicted octanol–water partition coefficient (Wildman–Crippen LogP) is 0.224. The molecule has 2 N–H and O–H groups in total. The molecule has 1 unspecified atom stereocenters. The Balaban J connectivity index is 1.83. The van der Waals surface area contributed by atoms with E-state index in [0.717, 1.165) is 0 Å². The average molecular weight is 262 g/mol. The molecule has 2 aliphatic heterocycles. The molecule has 1 aromatic rings. The van der Waals surface area contributed by atoms with Gasteiger partial charge in [-0.15, -0.1) is 0 Å². The molecule has 0 saturated carbocycles. The minimum Gasteiger partial charge on any atom is -0.482 e. The zero-order valence-electron chi connectivity index (χ0n) is 10.3. The van der Waals surface area contributed by atoms with Crippen LogP contribution in [0.15, 0.2) is 18.2 Å². The number of likely N-dealkylation sites (tertiary alicyclic amines) is 1. The number of benzene rings is 1. The van der Waals surface area contributed by atoms with Gasteiger partial charge in [0.25, 0.3) is 11.8 Å². The first kappa shape index (κ1) is 12.0. The highest BCUT2D eigenvalue weighted by Crippen LogP contribution is 2.29. The molecule has 100 valence electrons. The molecule has 1 atom stereocenters. The van der Waals surface area contributed by atoms with Crippen LogP contribution >= 0.6 is 0 Å². The summed E-state index contributed by atoms with van der Waals surface area (Å²) < 4.78 is 5.24. The van der Waals surface area contributed by atoms with E-state index in [9.17, 15) is 14.7 Å². The lowest BCUT2D eigenvalue weighted by Crippen LogP contribution is -2.30. The van der Waals surface area contributed by atoms with Gasteiger partial charge >= 0.3 is 0 Å². The SMILES string of the molecule is O=C1COc2ccc(C(=O)N3CCC(O)C3)cc2N1. The molecule has 6 nitrogen and oxygen atoms in total. The number of anilines is 1. The smallest absolute Gasteiger partial charge is 0.262 e. The van der Waals surface area contributed by atoms with E-state index in [0.29, 0.717) is 36.5 Å². The number of hydrogen-bond donors (Lipinski definition) is 2. The number of aliphatic hydroxyl groups is 1. The summed E-state index contributed by atoms with van der Waals surface area (Å²) in [6.45, 7) is 0.914. The van der Waals surface area contributed by atoms with Crippen molar-refractivity contribution in [1.29, 1.82) is 0 Å². The van der Waals surface area contributed by atoms with Gasteiger partial charge < -0.3 is 20.1 Å². The summed E-state index contributed by atoms with van der Waals surface area (Å²) in [6, 6.07) is 4.96. The van der Waals surface area contributed by atoms with E-state index in [1.165, 1.54) is 0 Å². The molecule has 0 aromatic heterocycles. The fourth-order valence-electron chi connectivity index (χ4n) is 2.33. The first-order valence-electron chi connectivity index (χ1n) is 6.17. The van der Waals surface area contributed by atoms with Crippen LogP contribution in [-0.2, 0) is 4.79 Å². The van der Waals surface area contributed by atoms with E-state index in [1.54, 1.807) is 23.1 Å². The summed E-state index contributed by atoms with van der Waals surface area (Å²) in [7, 11) is 0. The zero-order chi connectivity index (χ0) is 13.4. The highest BCUT2D eigenvalue weighted by molar-refractivity contribution is 5.99. The summed E-state index contributed by atoms with van der Waals surface area (Å²) in [5, 5.41) is 12.1. The number of carbonyl (C=O) groups is 2. The number of β-amino-alcohol motifs (C(OH)–C–C–N with tert-alkyl or cyclic N) is 1. The van der Waals surface area contributed by atoms with Gasteiger partial charge in [-0.05, 0) is 24.6 Å². The van der Waals surface area contributed by atoms with Crippen molar-refractivity contribution in [2.75, 3.05) is 25.0 Å². The van der Waals surface area contributed by atoms with Gasteiger partial charge in [0, 0.05) is 18.7 Å². The molecule has 1 aromatic carbocycles. The Hall–Kier alpha value is -2.08. The molecular weight excluding hydrogens is 248 g/mol. The van der Waals surface area contributed by atoms with Crippen LogP contribution < -0.4 is 10.1 Å². The van der Waals surface area contributed by atoms with Gasteiger partial charge in [-0.25, -0.2) is 0 Å². The molecule has 3 rings (SSSR count). The number of fused-ring (bicyclic) bond motifs is 1. The summed E-state index contributed by atoms with van der Waals surface area (Å²) >= 11 is 0. The fourth-order valence-corrected chi connectivity index (χ4v) is 2.33. The summed E-state index contributed by atoms with van der Waals surface area (Å²) in [5.41, 5.74) is 1.00. The quantitative estimate of drug-likeness (QED) is 0.759. The van der Waals surface area contributed by atoms with Crippen molar-refractivity contribution in [2.24, 2.45) is 0 Å². The van der Waals surface area contributed by atoms with E-state index in [1.807, 2.05) is 0 Å². The van der Waals surface area contributed by atoms with Gasteiger partial charge in [-0.3, -0.25) is 9.59 Å². The largest absolute Gasteiger partial charge is 0.482 e. The van der Waals surface area contributed by atoms with Gasteiger partial charge in [0.05, 0.1) is 11.8 Å². The number of hydrogen-bond acceptors (Lipinski definition) is 4. The number of carbonyl (C=O) groups excluding carboxylic acids is 2. The van der Waals surface area contributed by atoms with Crippen molar-refractivity contribution in [3.8, 4) is 5.75 Å². The van der Waals surface area contributed by atoms with Gasteiger partial charge in [0.15, 0.2) is 6.61 Å². The molecule has 2 amide bonds. The van der Waals surface area contributed by atoms with Crippen molar-refractivity contribution in [2.45, 2.75) is 12.5 Å². The van der Waals surface area contributed by atoms with Crippen molar-refractivity contribution < 1.29 is 19.4 Å². The maximum atomic E-state index is 12.2. The third kappa shape index (κ3) is 2.26. The first-order chi connectivity index (χ1) is 9.13. The van der Waals surface area contributed by atoms with Crippen LogP contribution in [0, 0.1) is 0 Å². The van der Waals surface area contributed by atoms with E-state index in [2.05, 4.69) is 5.32 Å². The second-order valence-corrected chi connectivity index (χ2v) is 4.74. The molecular formula is C13H14N2O4. The van der Waals surface area contributed by atoms with E-state index >= 15 is 0 Å². The normalized spacial score (nSPS) is 21.6. The van der Waals surface area contributed by atoms with Gasteiger partial charge in [-0.2, -0.15) is 0 Å². The lowest BCUT2D eigenvalue weighted by molar-refractivity contribution is -0.118. The maximum absolute atomic E-state index is 12.2. The van der Waals surface area contributed by atoms with Crippen molar-refractivity contribution in [3.63, 3.8) is 0 Å². The van der Waals surface area contributed by atoms with Gasteiger partial charge in [0.1, 0.15) is 5.75 Å². The number of ether oxygens (including phenoxy) is 1. The Kier molecular flexibility index (Phi) is 2.87. The molecule has 1 saturated heterocycles. The highest BCUT2D eigenvalue weighted by Gasteiger charge is 2.26. The van der Waals surface area contributed by atoms with Crippen LogP contribution in [0.4, 0.5) is 5.69 Å². The molecule has 2 heterocycles. The lowest BCUT2D eigenvalue weighted by Gasteiger charge is -2.20. The second kappa shape index (κ2) is 4.55. The molecule has 6 heteroatoms. The van der Waals surface area contributed by atoms with Crippen LogP contribution in [0.2, 0.25) is 0 Å². The molecule has 0 aliphatic carbocycles. The number of nitrogens with zero attached hydrogens (tertiary/aromatic N) is 1. The molecule has 19 heavy (non-hydrogen) atoms. The predicted molar refractivity (Wildman–Crippen MR) is 67.1 cm³/mol. The second-order valence-electron chi connectivity index (χ2n) is 4.74. The molecule has 1 fully saturated rings. The average Bonchev–Trinajstić information content (AvgIpc) is 2.83. The monoisotopic (exact) mass is 262 g/mol. The number of aliphatic hydroxyl groups excluding tert-OH is 1. The lowest BCUT2D eigenvalue weighted by atomic mass is 10.1. The van der Waals surface area contributed by atoms with Crippen LogP contribution in [0.3, 0.4) is 0 Å². The number of nitrogens with one attached hydrogen (secondary N) is 1. The molecule has 0 radical (unpaired) electrons. The van der Waals surface area contributed by atoms with Crippen molar-refractivity contribution in [1.82, 2.24) is 4.90 Å². The minimum absolute atomic E-state index is 0.00138. The Morgan fingerprint density at radius 1 is 1.47 bits per heavy atom. The van der Waals surface area contributed by atoms with E-state index in [-0.39, 0.29) is 18.4 Å². The fraction of sp³-hybridized carbons (Fsp3) is 0.385. The Labute approximate surface area is 110 Å². The summed E-state index contributed by atoms with van der Waals surface area (Å²) in [6.07, 6.45) is 0.167. The van der Waals surface area contributed by atoms with Crippen LogP contribution in [0.5, 0.6) is 5.75 Å². The Morgan fingerprint density at radius 2 is 2.32 bits per heavy atom. The molecule has 0 spiro atoms. The van der Waals surface area contributed by atoms with Gasteiger partial charge in [0.2, 0.25) is 0 Å².